The first-order valence-corrected chi connectivity index (χ1v) is 3.55. The molecule has 0 aliphatic rings. The first kappa shape index (κ1) is 9.48. The van der Waals surface area contributed by atoms with Gasteiger partial charge in [0.2, 0.25) is 0 Å². The highest BCUT2D eigenvalue weighted by molar-refractivity contribution is 4.99. The molecule has 0 amide bonds. The first-order chi connectivity index (χ1) is 4.70. The van der Waals surface area contributed by atoms with Crippen LogP contribution in [0.4, 0.5) is 0 Å². The lowest BCUT2D eigenvalue weighted by atomic mass is 10.3. The van der Waals surface area contributed by atoms with Crippen molar-refractivity contribution in [2.45, 2.75) is 13.0 Å². The molecule has 0 spiro atoms. The summed E-state index contributed by atoms with van der Waals surface area (Å²) in [5.41, 5.74) is 0. The minimum absolute atomic E-state index is 0.194. The fraction of sp³-hybridized carbons (Fsp3) is 0.750. The van der Waals surface area contributed by atoms with E-state index < -0.39 is 0 Å². The Hall–Kier alpha value is -0.520. The van der Waals surface area contributed by atoms with Crippen molar-refractivity contribution in [3.63, 3.8) is 0 Å². The predicted molar refractivity (Wildman–Crippen MR) is 44.9 cm³/mol. The SMILES string of the molecule is C#CC(CN(C)C)NCC. The summed E-state index contributed by atoms with van der Waals surface area (Å²) in [6, 6.07) is 0.194. The van der Waals surface area contributed by atoms with Crippen molar-refractivity contribution in [3.8, 4) is 12.3 Å². The van der Waals surface area contributed by atoms with Gasteiger partial charge in [0.15, 0.2) is 0 Å². The summed E-state index contributed by atoms with van der Waals surface area (Å²) in [6.45, 7) is 3.90. The molecule has 0 saturated carbocycles. The molecule has 0 aromatic rings. The van der Waals surface area contributed by atoms with Crippen molar-refractivity contribution in [1.82, 2.24) is 10.2 Å². The topological polar surface area (TPSA) is 15.3 Å². The monoisotopic (exact) mass is 140 g/mol. The summed E-state index contributed by atoms with van der Waals surface area (Å²) in [4.78, 5) is 2.08. The molecule has 0 aromatic carbocycles. The average Bonchev–Trinajstić information content (AvgIpc) is 1.86. The van der Waals surface area contributed by atoms with Crippen LogP contribution in [0.5, 0.6) is 0 Å². The van der Waals surface area contributed by atoms with Gasteiger partial charge in [0.05, 0.1) is 6.04 Å². The Morgan fingerprint density at radius 2 is 2.20 bits per heavy atom. The molecule has 2 heteroatoms. The number of likely N-dealkylation sites (N-methyl/N-ethyl adjacent to an activating group) is 2. The van der Waals surface area contributed by atoms with E-state index in [9.17, 15) is 0 Å². The molecule has 0 aliphatic heterocycles. The molecular weight excluding hydrogens is 124 g/mol. The molecule has 10 heavy (non-hydrogen) atoms. The van der Waals surface area contributed by atoms with E-state index in [4.69, 9.17) is 6.42 Å². The summed E-state index contributed by atoms with van der Waals surface area (Å²) in [7, 11) is 4.03. The molecule has 0 bridgehead atoms. The van der Waals surface area contributed by atoms with E-state index in [0.717, 1.165) is 13.1 Å². The van der Waals surface area contributed by atoms with Gasteiger partial charge in [0, 0.05) is 6.54 Å². The van der Waals surface area contributed by atoms with Gasteiger partial charge in [0.25, 0.3) is 0 Å². The summed E-state index contributed by atoms with van der Waals surface area (Å²) in [5, 5.41) is 3.19. The van der Waals surface area contributed by atoms with Crippen LogP contribution in [0.2, 0.25) is 0 Å². The lowest BCUT2D eigenvalue weighted by Crippen LogP contribution is -2.36. The minimum Gasteiger partial charge on any atom is -0.307 e. The number of nitrogens with zero attached hydrogens (tertiary/aromatic N) is 1. The molecule has 2 nitrogen and oxygen atoms in total. The maximum atomic E-state index is 5.27. The van der Waals surface area contributed by atoms with Gasteiger partial charge in [-0.2, -0.15) is 0 Å². The second-order valence-corrected chi connectivity index (χ2v) is 2.54. The predicted octanol–water partition coefficient (Wildman–Crippen LogP) is 0.159. The minimum atomic E-state index is 0.194. The number of nitrogens with one attached hydrogen (secondary N) is 1. The maximum absolute atomic E-state index is 5.27. The van der Waals surface area contributed by atoms with Crippen molar-refractivity contribution in [2.75, 3.05) is 27.2 Å². The van der Waals surface area contributed by atoms with Crippen molar-refractivity contribution >= 4 is 0 Å². The number of terminal acetylenes is 1. The van der Waals surface area contributed by atoms with Crippen LogP contribution >= 0.6 is 0 Å². The second kappa shape index (κ2) is 5.28. The Bertz CT molecular complexity index is 113. The van der Waals surface area contributed by atoms with Gasteiger partial charge in [0.1, 0.15) is 0 Å². The normalized spacial score (nSPS) is 13.1. The Kier molecular flexibility index (Phi) is 5.00. The lowest BCUT2D eigenvalue weighted by molar-refractivity contribution is 0.374. The quantitative estimate of drug-likeness (QED) is 0.560. The number of hydrogen-bond acceptors (Lipinski definition) is 2. The lowest BCUT2D eigenvalue weighted by Gasteiger charge is -2.16. The van der Waals surface area contributed by atoms with Crippen LogP contribution in [0.25, 0.3) is 0 Å². The van der Waals surface area contributed by atoms with E-state index in [-0.39, 0.29) is 6.04 Å². The van der Waals surface area contributed by atoms with Crippen LogP contribution < -0.4 is 5.32 Å². The van der Waals surface area contributed by atoms with Crippen molar-refractivity contribution in [2.24, 2.45) is 0 Å². The van der Waals surface area contributed by atoms with E-state index in [1.807, 2.05) is 14.1 Å². The van der Waals surface area contributed by atoms with Crippen LogP contribution in [0.15, 0.2) is 0 Å². The highest BCUT2D eigenvalue weighted by Gasteiger charge is 2.01. The van der Waals surface area contributed by atoms with Crippen LogP contribution in [0.1, 0.15) is 6.92 Å². The highest BCUT2D eigenvalue weighted by atomic mass is 15.1. The zero-order chi connectivity index (χ0) is 7.98. The summed E-state index contributed by atoms with van der Waals surface area (Å²) < 4.78 is 0. The van der Waals surface area contributed by atoms with Crippen LogP contribution in [0, 0.1) is 12.3 Å². The van der Waals surface area contributed by atoms with Gasteiger partial charge in [-0.3, -0.25) is 0 Å². The molecule has 1 atom stereocenters. The zero-order valence-electron chi connectivity index (χ0n) is 7.02. The van der Waals surface area contributed by atoms with Crippen LogP contribution in [-0.2, 0) is 0 Å². The molecule has 0 aromatic heterocycles. The molecule has 1 unspecified atom stereocenters. The van der Waals surface area contributed by atoms with Crippen molar-refractivity contribution < 1.29 is 0 Å². The number of rotatable bonds is 4. The van der Waals surface area contributed by atoms with Gasteiger partial charge in [-0.1, -0.05) is 12.8 Å². The Balaban J connectivity index is 3.52. The Labute approximate surface area is 63.6 Å². The third-order valence-electron chi connectivity index (χ3n) is 1.20. The van der Waals surface area contributed by atoms with E-state index in [0.29, 0.717) is 0 Å². The maximum Gasteiger partial charge on any atom is 0.0815 e. The van der Waals surface area contributed by atoms with Crippen LogP contribution in [-0.4, -0.2) is 38.1 Å². The summed E-state index contributed by atoms with van der Waals surface area (Å²) in [5.74, 6) is 2.68. The second-order valence-electron chi connectivity index (χ2n) is 2.54. The van der Waals surface area contributed by atoms with E-state index >= 15 is 0 Å². The highest BCUT2D eigenvalue weighted by Crippen LogP contribution is 1.82. The average molecular weight is 140 g/mol. The molecule has 0 aliphatic carbocycles. The Morgan fingerprint density at radius 1 is 1.60 bits per heavy atom. The van der Waals surface area contributed by atoms with Crippen LogP contribution in [0.3, 0.4) is 0 Å². The summed E-state index contributed by atoms with van der Waals surface area (Å²) >= 11 is 0. The van der Waals surface area contributed by atoms with E-state index in [1.54, 1.807) is 0 Å². The van der Waals surface area contributed by atoms with E-state index in [1.165, 1.54) is 0 Å². The fourth-order valence-corrected chi connectivity index (χ4v) is 0.788. The van der Waals surface area contributed by atoms with Crippen molar-refractivity contribution in [3.05, 3.63) is 0 Å². The molecule has 0 heterocycles. The summed E-state index contributed by atoms with van der Waals surface area (Å²) in [6.07, 6.45) is 5.27. The molecule has 0 radical (unpaired) electrons. The molecule has 0 rings (SSSR count). The third kappa shape index (κ3) is 4.37. The molecule has 0 saturated heterocycles. The molecule has 58 valence electrons. The largest absolute Gasteiger partial charge is 0.307 e. The first-order valence-electron chi connectivity index (χ1n) is 3.55. The fourth-order valence-electron chi connectivity index (χ4n) is 0.788. The smallest absolute Gasteiger partial charge is 0.0815 e. The van der Waals surface area contributed by atoms with Gasteiger partial charge in [-0.25, -0.2) is 0 Å². The third-order valence-corrected chi connectivity index (χ3v) is 1.20. The molecular formula is C8H16N2. The van der Waals surface area contributed by atoms with Crippen molar-refractivity contribution in [1.29, 1.82) is 0 Å². The van der Waals surface area contributed by atoms with E-state index in [2.05, 4.69) is 23.1 Å². The molecule has 0 fully saturated rings. The van der Waals surface area contributed by atoms with Gasteiger partial charge >= 0.3 is 0 Å². The Morgan fingerprint density at radius 3 is 2.50 bits per heavy atom. The number of hydrogen-bond donors (Lipinski definition) is 1. The molecule has 1 N–H and O–H groups in total. The van der Waals surface area contributed by atoms with Gasteiger partial charge in [-0.15, -0.1) is 6.42 Å². The van der Waals surface area contributed by atoms with Gasteiger partial charge in [-0.05, 0) is 20.6 Å². The van der Waals surface area contributed by atoms with Gasteiger partial charge < -0.3 is 10.2 Å². The standard InChI is InChI=1S/C8H16N2/c1-5-8(9-6-2)7-10(3)4/h1,8-9H,6-7H2,2-4H3. The zero-order valence-corrected chi connectivity index (χ0v) is 7.02.